The number of pyridine rings is 1. The van der Waals surface area contributed by atoms with Crippen molar-refractivity contribution in [1.29, 1.82) is 0 Å². The largest absolute Gasteiger partial charge is 0.465 e. The van der Waals surface area contributed by atoms with Gasteiger partial charge >= 0.3 is 5.97 Å². The lowest BCUT2D eigenvalue weighted by atomic mass is 9.99. The topological polar surface area (TPSA) is 61.2 Å². The molecule has 0 radical (unpaired) electrons. The fraction of sp³-hybridized carbons (Fsp3) is 0.150. The molecule has 2 aromatic heterocycles. The minimum atomic E-state index is -0.533. The van der Waals surface area contributed by atoms with Crippen LogP contribution in [0.15, 0.2) is 54.9 Å². The first-order valence-corrected chi connectivity index (χ1v) is 7.84. The Morgan fingerprint density at radius 3 is 2.04 bits per heavy atom. The molecule has 3 rings (SSSR count). The number of aromatic nitrogens is 2. The van der Waals surface area contributed by atoms with Crippen molar-refractivity contribution < 1.29 is 14.3 Å². The Morgan fingerprint density at radius 2 is 1.48 bits per heavy atom. The van der Waals surface area contributed by atoms with Crippen LogP contribution in [0, 0.1) is 0 Å². The molecule has 3 aromatic rings. The Hall–Kier alpha value is -3.21. The molecule has 0 saturated carbocycles. The molecular formula is C20H18N2O3. The SMILES string of the molecule is COC(=O)c1c(C(C)=O)c(-c2ccccc2)n(C)c1-c1ccncc1. The van der Waals surface area contributed by atoms with Crippen LogP contribution in [-0.2, 0) is 11.8 Å². The monoisotopic (exact) mass is 334 g/mol. The zero-order valence-corrected chi connectivity index (χ0v) is 14.3. The highest BCUT2D eigenvalue weighted by molar-refractivity contribution is 6.13. The van der Waals surface area contributed by atoms with Gasteiger partial charge in [0.2, 0.25) is 0 Å². The Kier molecular flexibility index (Phi) is 4.48. The van der Waals surface area contributed by atoms with E-state index < -0.39 is 5.97 Å². The highest BCUT2D eigenvalue weighted by atomic mass is 16.5. The number of benzene rings is 1. The number of ketones is 1. The Bertz CT molecular complexity index is 929. The molecule has 0 saturated heterocycles. The number of methoxy groups -OCH3 is 1. The third kappa shape index (κ3) is 2.85. The van der Waals surface area contributed by atoms with Crippen molar-refractivity contribution in [3.63, 3.8) is 0 Å². The van der Waals surface area contributed by atoms with Crippen LogP contribution >= 0.6 is 0 Å². The number of carbonyl (C=O) groups is 2. The molecule has 0 aliphatic heterocycles. The molecule has 5 heteroatoms. The maximum atomic E-state index is 12.5. The first-order chi connectivity index (χ1) is 12.1. The molecule has 0 N–H and O–H groups in total. The molecule has 2 heterocycles. The summed E-state index contributed by atoms with van der Waals surface area (Å²) >= 11 is 0. The predicted molar refractivity (Wildman–Crippen MR) is 95.4 cm³/mol. The fourth-order valence-electron chi connectivity index (χ4n) is 3.11. The number of Topliss-reactive ketones (excluding diaryl/α,β-unsaturated/α-hetero) is 1. The predicted octanol–water partition coefficient (Wildman–Crippen LogP) is 3.74. The first-order valence-electron chi connectivity index (χ1n) is 7.84. The van der Waals surface area contributed by atoms with Crippen molar-refractivity contribution in [2.75, 3.05) is 7.11 Å². The summed E-state index contributed by atoms with van der Waals surface area (Å²) in [5, 5.41) is 0. The van der Waals surface area contributed by atoms with Crippen molar-refractivity contribution >= 4 is 11.8 Å². The number of hydrogen-bond donors (Lipinski definition) is 0. The van der Waals surface area contributed by atoms with Gasteiger partial charge in [0, 0.05) is 25.0 Å². The van der Waals surface area contributed by atoms with Crippen LogP contribution in [0.1, 0.15) is 27.6 Å². The smallest absolute Gasteiger partial charge is 0.340 e. The summed E-state index contributed by atoms with van der Waals surface area (Å²) < 4.78 is 6.84. The minimum Gasteiger partial charge on any atom is -0.465 e. The fourth-order valence-corrected chi connectivity index (χ4v) is 3.11. The van der Waals surface area contributed by atoms with Crippen molar-refractivity contribution in [3.05, 3.63) is 66.0 Å². The van der Waals surface area contributed by atoms with E-state index in [1.165, 1.54) is 14.0 Å². The molecule has 0 fully saturated rings. The van der Waals surface area contributed by atoms with E-state index in [2.05, 4.69) is 4.98 Å². The second-order valence-electron chi connectivity index (χ2n) is 5.66. The lowest BCUT2D eigenvalue weighted by Crippen LogP contribution is -2.08. The van der Waals surface area contributed by atoms with Gasteiger partial charge in [-0.3, -0.25) is 9.78 Å². The molecule has 1 aromatic carbocycles. The van der Waals surface area contributed by atoms with Gasteiger partial charge in [0.25, 0.3) is 0 Å². The second-order valence-corrected chi connectivity index (χ2v) is 5.66. The summed E-state index contributed by atoms with van der Waals surface area (Å²) in [5.41, 5.74) is 3.64. The molecule has 0 bridgehead atoms. The van der Waals surface area contributed by atoms with Gasteiger partial charge in [-0.2, -0.15) is 0 Å². The van der Waals surface area contributed by atoms with E-state index in [0.717, 1.165) is 11.1 Å². The highest BCUT2D eigenvalue weighted by Crippen LogP contribution is 2.37. The summed E-state index contributed by atoms with van der Waals surface area (Å²) in [4.78, 5) is 29.0. The molecule has 0 aliphatic rings. The van der Waals surface area contributed by atoms with Gasteiger partial charge in [0.15, 0.2) is 5.78 Å². The van der Waals surface area contributed by atoms with E-state index in [1.807, 2.05) is 41.9 Å². The van der Waals surface area contributed by atoms with Gasteiger partial charge in [-0.15, -0.1) is 0 Å². The summed E-state index contributed by atoms with van der Waals surface area (Å²) in [6.45, 7) is 1.46. The number of hydrogen-bond acceptors (Lipinski definition) is 4. The normalized spacial score (nSPS) is 10.5. The lowest BCUT2D eigenvalue weighted by Gasteiger charge is -2.09. The second kappa shape index (κ2) is 6.73. The van der Waals surface area contributed by atoms with Crippen LogP contribution in [0.25, 0.3) is 22.5 Å². The van der Waals surface area contributed by atoms with Crippen molar-refractivity contribution in [3.8, 4) is 22.5 Å². The summed E-state index contributed by atoms with van der Waals surface area (Å²) in [6.07, 6.45) is 3.30. The first kappa shape index (κ1) is 16.6. The minimum absolute atomic E-state index is 0.185. The zero-order valence-electron chi connectivity index (χ0n) is 14.3. The van der Waals surface area contributed by atoms with E-state index in [-0.39, 0.29) is 11.3 Å². The number of nitrogens with zero attached hydrogens (tertiary/aromatic N) is 2. The summed E-state index contributed by atoms with van der Waals surface area (Å²) in [7, 11) is 3.16. The van der Waals surface area contributed by atoms with Crippen molar-refractivity contribution in [2.24, 2.45) is 7.05 Å². The Balaban J connectivity index is 2.43. The quantitative estimate of drug-likeness (QED) is 0.538. The maximum absolute atomic E-state index is 12.5. The van der Waals surface area contributed by atoms with Crippen LogP contribution in [0.5, 0.6) is 0 Å². The van der Waals surface area contributed by atoms with Crippen LogP contribution in [0.3, 0.4) is 0 Å². The molecule has 0 unspecified atom stereocenters. The molecule has 5 nitrogen and oxygen atoms in total. The Morgan fingerprint density at radius 1 is 0.920 bits per heavy atom. The lowest BCUT2D eigenvalue weighted by molar-refractivity contribution is 0.0598. The van der Waals surface area contributed by atoms with Gasteiger partial charge in [-0.1, -0.05) is 30.3 Å². The zero-order chi connectivity index (χ0) is 18.0. The van der Waals surface area contributed by atoms with Crippen LogP contribution < -0.4 is 0 Å². The third-order valence-electron chi connectivity index (χ3n) is 4.14. The molecule has 0 amide bonds. The Labute approximate surface area is 145 Å². The number of rotatable bonds is 4. The molecule has 0 atom stereocenters. The summed E-state index contributed by atoms with van der Waals surface area (Å²) in [6, 6.07) is 13.1. The standard InChI is InChI=1S/C20H18N2O3/c1-13(23)16-17(20(24)25-3)19(15-9-11-21-12-10-15)22(2)18(16)14-7-5-4-6-8-14/h4-12H,1-3H3. The van der Waals surface area contributed by atoms with E-state index in [4.69, 9.17) is 4.74 Å². The average Bonchev–Trinajstić information content (AvgIpc) is 2.95. The van der Waals surface area contributed by atoms with Gasteiger partial charge in [-0.25, -0.2) is 4.79 Å². The van der Waals surface area contributed by atoms with Gasteiger partial charge in [0.1, 0.15) is 0 Å². The van der Waals surface area contributed by atoms with E-state index in [1.54, 1.807) is 24.5 Å². The summed E-state index contributed by atoms with van der Waals surface area (Å²) in [5.74, 6) is -0.718. The molecule has 0 spiro atoms. The number of carbonyl (C=O) groups excluding carboxylic acids is 2. The van der Waals surface area contributed by atoms with Crippen molar-refractivity contribution in [2.45, 2.75) is 6.92 Å². The molecule has 25 heavy (non-hydrogen) atoms. The molecule has 126 valence electrons. The van der Waals surface area contributed by atoms with Crippen LogP contribution in [0.4, 0.5) is 0 Å². The number of ether oxygens (including phenoxy) is 1. The van der Waals surface area contributed by atoms with Gasteiger partial charge in [-0.05, 0) is 24.6 Å². The number of esters is 1. The molecular weight excluding hydrogens is 316 g/mol. The van der Waals surface area contributed by atoms with E-state index in [0.29, 0.717) is 17.0 Å². The third-order valence-corrected chi connectivity index (χ3v) is 4.14. The maximum Gasteiger partial charge on any atom is 0.340 e. The van der Waals surface area contributed by atoms with Crippen molar-refractivity contribution in [1.82, 2.24) is 9.55 Å². The highest BCUT2D eigenvalue weighted by Gasteiger charge is 2.30. The average molecular weight is 334 g/mol. The van der Waals surface area contributed by atoms with Gasteiger partial charge in [0.05, 0.1) is 29.6 Å². The van der Waals surface area contributed by atoms with Crippen LogP contribution in [-0.4, -0.2) is 28.4 Å². The van der Waals surface area contributed by atoms with Crippen LogP contribution in [0.2, 0.25) is 0 Å². The van der Waals surface area contributed by atoms with Gasteiger partial charge < -0.3 is 9.30 Å². The van der Waals surface area contributed by atoms with E-state index in [9.17, 15) is 9.59 Å². The molecule has 0 aliphatic carbocycles. The van der Waals surface area contributed by atoms with E-state index >= 15 is 0 Å².